The summed E-state index contributed by atoms with van der Waals surface area (Å²) in [6.45, 7) is 5.01. The lowest BCUT2D eigenvalue weighted by atomic mass is 10.2. The van der Waals surface area contributed by atoms with Crippen LogP contribution in [0.3, 0.4) is 0 Å². The van der Waals surface area contributed by atoms with E-state index in [1.54, 1.807) is 24.3 Å². The fourth-order valence-electron chi connectivity index (χ4n) is 2.23. The van der Waals surface area contributed by atoms with Gasteiger partial charge in [0.1, 0.15) is 0 Å². The molecular weight excluding hydrogens is 354 g/mol. The summed E-state index contributed by atoms with van der Waals surface area (Å²) >= 11 is 0. The fourth-order valence-corrected chi connectivity index (χ4v) is 3.32. The van der Waals surface area contributed by atoms with Gasteiger partial charge in [-0.25, -0.2) is 8.42 Å². The fraction of sp³-hybridized carbons (Fsp3) is 0.222. The van der Waals surface area contributed by atoms with Crippen LogP contribution in [0.2, 0.25) is 0 Å². The first kappa shape index (κ1) is 19.5. The second-order valence-corrected chi connectivity index (χ2v) is 7.71. The van der Waals surface area contributed by atoms with Gasteiger partial charge in [-0.1, -0.05) is 12.1 Å². The van der Waals surface area contributed by atoms with Gasteiger partial charge in [-0.05, 0) is 50.2 Å². The third-order valence-corrected chi connectivity index (χ3v) is 4.64. The van der Waals surface area contributed by atoms with Crippen molar-refractivity contribution in [2.45, 2.75) is 31.7 Å². The van der Waals surface area contributed by atoms with E-state index in [1.807, 2.05) is 13.8 Å². The third kappa shape index (κ3) is 5.32. The molecule has 7 nitrogen and oxygen atoms in total. The summed E-state index contributed by atoms with van der Waals surface area (Å²) in [5.41, 5.74) is 1.03. The molecule has 0 aliphatic rings. The van der Waals surface area contributed by atoms with Crippen LogP contribution < -0.4 is 15.4 Å². The topological polar surface area (TPSA) is 104 Å². The van der Waals surface area contributed by atoms with E-state index in [9.17, 15) is 18.0 Å². The SMILES string of the molecule is CC(=O)Nc1cccc(NS(=O)(=O)c2cccc(C(=O)NC(C)C)c2)c1. The van der Waals surface area contributed by atoms with Gasteiger partial charge in [0.2, 0.25) is 5.91 Å². The standard InChI is InChI=1S/C18H21N3O4S/c1-12(2)19-18(23)14-6-4-9-17(10-14)26(24,25)21-16-8-5-7-15(11-16)20-13(3)22/h4-12,21H,1-3H3,(H,19,23)(H,20,22). The van der Waals surface area contributed by atoms with E-state index in [0.717, 1.165) is 0 Å². The molecule has 8 heteroatoms. The van der Waals surface area contributed by atoms with Gasteiger partial charge in [-0.2, -0.15) is 0 Å². The third-order valence-electron chi connectivity index (χ3n) is 3.26. The molecule has 138 valence electrons. The highest BCUT2D eigenvalue weighted by Crippen LogP contribution is 2.20. The second kappa shape index (κ2) is 8.01. The molecule has 0 radical (unpaired) electrons. The molecule has 0 spiro atoms. The number of hydrogen-bond donors (Lipinski definition) is 3. The van der Waals surface area contributed by atoms with E-state index >= 15 is 0 Å². The average Bonchev–Trinajstić information content (AvgIpc) is 2.53. The Bertz CT molecular complexity index is 924. The lowest BCUT2D eigenvalue weighted by molar-refractivity contribution is -0.114. The van der Waals surface area contributed by atoms with Crippen LogP contribution in [0, 0.1) is 0 Å². The van der Waals surface area contributed by atoms with Crippen molar-refractivity contribution >= 4 is 33.2 Å². The summed E-state index contributed by atoms with van der Waals surface area (Å²) in [7, 11) is -3.89. The lowest BCUT2D eigenvalue weighted by Gasteiger charge is -2.12. The first-order valence-electron chi connectivity index (χ1n) is 7.99. The van der Waals surface area contributed by atoms with Crippen molar-refractivity contribution < 1.29 is 18.0 Å². The Morgan fingerprint density at radius 1 is 0.962 bits per heavy atom. The van der Waals surface area contributed by atoms with Crippen molar-refractivity contribution in [1.82, 2.24) is 5.32 Å². The van der Waals surface area contributed by atoms with Crippen LogP contribution in [0.5, 0.6) is 0 Å². The van der Waals surface area contributed by atoms with E-state index in [4.69, 9.17) is 0 Å². The van der Waals surface area contributed by atoms with Crippen molar-refractivity contribution in [2.24, 2.45) is 0 Å². The molecule has 2 aromatic carbocycles. The van der Waals surface area contributed by atoms with Gasteiger partial charge in [0.25, 0.3) is 15.9 Å². The lowest BCUT2D eigenvalue weighted by Crippen LogP contribution is -2.30. The second-order valence-electron chi connectivity index (χ2n) is 6.02. The molecular formula is C18H21N3O4S. The number of nitrogens with one attached hydrogen (secondary N) is 3. The number of amides is 2. The highest BCUT2D eigenvalue weighted by Gasteiger charge is 2.17. The van der Waals surface area contributed by atoms with Crippen LogP contribution in [0.25, 0.3) is 0 Å². The van der Waals surface area contributed by atoms with Crippen molar-refractivity contribution in [3.63, 3.8) is 0 Å². The predicted molar refractivity (Wildman–Crippen MR) is 101 cm³/mol. The predicted octanol–water partition coefficient (Wildman–Crippen LogP) is 2.58. The number of hydrogen-bond acceptors (Lipinski definition) is 4. The molecule has 0 unspecified atom stereocenters. The quantitative estimate of drug-likeness (QED) is 0.722. The molecule has 0 heterocycles. The summed E-state index contributed by atoms with van der Waals surface area (Å²) < 4.78 is 27.6. The van der Waals surface area contributed by atoms with Gasteiger partial charge in [0.15, 0.2) is 0 Å². The Morgan fingerprint density at radius 2 is 1.62 bits per heavy atom. The zero-order chi connectivity index (χ0) is 19.3. The number of carbonyl (C=O) groups is 2. The maximum Gasteiger partial charge on any atom is 0.261 e. The van der Waals surface area contributed by atoms with Crippen LogP contribution in [0.4, 0.5) is 11.4 Å². The van der Waals surface area contributed by atoms with Crippen molar-refractivity contribution in [3.05, 3.63) is 54.1 Å². The van der Waals surface area contributed by atoms with Crippen LogP contribution in [0.1, 0.15) is 31.1 Å². The Balaban J connectivity index is 2.25. The molecule has 0 aromatic heterocycles. The number of carbonyl (C=O) groups excluding carboxylic acids is 2. The maximum atomic E-state index is 12.6. The molecule has 26 heavy (non-hydrogen) atoms. The van der Waals surface area contributed by atoms with E-state index < -0.39 is 10.0 Å². The molecule has 0 aliphatic heterocycles. The number of benzene rings is 2. The molecule has 0 saturated heterocycles. The zero-order valence-electron chi connectivity index (χ0n) is 14.7. The minimum absolute atomic E-state index is 0.0289. The van der Waals surface area contributed by atoms with Gasteiger partial charge in [0, 0.05) is 24.2 Å². The van der Waals surface area contributed by atoms with Gasteiger partial charge in [-0.3, -0.25) is 14.3 Å². The van der Waals surface area contributed by atoms with Gasteiger partial charge in [0.05, 0.1) is 10.6 Å². The van der Waals surface area contributed by atoms with Crippen LogP contribution in [-0.4, -0.2) is 26.3 Å². The minimum atomic E-state index is -3.89. The van der Waals surface area contributed by atoms with Crippen LogP contribution >= 0.6 is 0 Å². The number of anilines is 2. The molecule has 2 aromatic rings. The maximum absolute atomic E-state index is 12.6. The summed E-state index contributed by atoms with van der Waals surface area (Å²) in [6, 6.07) is 12.1. The largest absolute Gasteiger partial charge is 0.350 e. The van der Waals surface area contributed by atoms with E-state index in [-0.39, 0.29) is 28.3 Å². The summed E-state index contributed by atoms with van der Waals surface area (Å²) in [5, 5.41) is 5.30. The Hall–Kier alpha value is -2.87. The Morgan fingerprint density at radius 3 is 2.27 bits per heavy atom. The molecule has 0 fully saturated rings. The van der Waals surface area contributed by atoms with Crippen LogP contribution in [0.15, 0.2) is 53.4 Å². The average molecular weight is 375 g/mol. The van der Waals surface area contributed by atoms with Crippen LogP contribution in [-0.2, 0) is 14.8 Å². The number of sulfonamides is 1. The van der Waals surface area contributed by atoms with Crippen molar-refractivity contribution in [3.8, 4) is 0 Å². The Labute approximate surface area is 152 Å². The normalized spacial score (nSPS) is 11.1. The van der Waals surface area contributed by atoms with E-state index in [1.165, 1.54) is 31.2 Å². The van der Waals surface area contributed by atoms with E-state index in [2.05, 4.69) is 15.4 Å². The summed E-state index contributed by atoms with van der Waals surface area (Å²) in [5.74, 6) is -0.599. The van der Waals surface area contributed by atoms with Crippen molar-refractivity contribution in [1.29, 1.82) is 0 Å². The Kier molecular flexibility index (Phi) is 5.99. The zero-order valence-corrected chi connectivity index (χ0v) is 15.6. The first-order valence-corrected chi connectivity index (χ1v) is 9.47. The van der Waals surface area contributed by atoms with Gasteiger partial charge >= 0.3 is 0 Å². The molecule has 2 amide bonds. The molecule has 3 N–H and O–H groups in total. The van der Waals surface area contributed by atoms with Gasteiger partial charge in [-0.15, -0.1) is 0 Å². The monoisotopic (exact) mass is 375 g/mol. The molecule has 0 saturated carbocycles. The summed E-state index contributed by atoms with van der Waals surface area (Å²) in [6.07, 6.45) is 0. The smallest absolute Gasteiger partial charge is 0.261 e. The molecule has 0 atom stereocenters. The molecule has 0 aliphatic carbocycles. The number of rotatable bonds is 6. The summed E-state index contributed by atoms with van der Waals surface area (Å²) in [4.78, 5) is 23.2. The highest BCUT2D eigenvalue weighted by molar-refractivity contribution is 7.92. The molecule has 2 rings (SSSR count). The molecule has 0 bridgehead atoms. The first-order chi connectivity index (χ1) is 12.2. The highest BCUT2D eigenvalue weighted by atomic mass is 32.2. The van der Waals surface area contributed by atoms with Gasteiger partial charge < -0.3 is 10.6 Å². The van der Waals surface area contributed by atoms with Crippen molar-refractivity contribution in [2.75, 3.05) is 10.0 Å². The van der Waals surface area contributed by atoms with E-state index in [0.29, 0.717) is 11.4 Å². The minimum Gasteiger partial charge on any atom is -0.350 e.